The number of rotatable bonds is 4. The highest BCUT2D eigenvalue weighted by molar-refractivity contribution is 7.99. The zero-order valence-corrected chi connectivity index (χ0v) is 14.5. The van der Waals surface area contributed by atoms with Gasteiger partial charge in [0.25, 0.3) is 0 Å². The minimum atomic E-state index is -0.973. The molecule has 1 aromatic carbocycles. The number of hydrogen-bond acceptors (Lipinski definition) is 4. The van der Waals surface area contributed by atoms with Crippen molar-refractivity contribution in [1.82, 2.24) is 4.90 Å². The second kappa shape index (κ2) is 7.25. The first-order valence-corrected chi connectivity index (χ1v) is 8.69. The fourth-order valence-electron chi connectivity index (χ4n) is 2.46. The highest BCUT2D eigenvalue weighted by Gasteiger charge is 2.41. The van der Waals surface area contributed by atoms with Crippen LogP contribution in [0.25, 0.3) is 0 Å². The van der Waals surface area contributed by atoms with Gasteiger partial charge in [0.05, 0.1) is 0 Å². The van der Waals surface area contributed by atoms with Gasteiger partial charge in [-0.1, -0.05) is 30.3 Å². The van der Waals surface area contributed by atoms with Crippen LogP contribution in [0.5, 0.6) is 0 Å². The largest absolute Gasteiger partial charge is 0.480 e. The number of ether oxygens (including phenoxy) is 1. The lowest BCUT2D eigenvalue weighted by molar-refractivity contribution is -0.142. The maximum absolute atomic E-state index is 12.2. The maximum atomic E-state index is 12.2. The Morgan fingerprint density at radius 2 is 1.96 bits per heavy atom. The summed E-state index contributed by atoms with van der Waals surface area (Å²) >= 11 is 1.68. The van der Waals surface area contributed by atoms with Crippen LogP contribution in [0.2, 0.25) is 0 Å². The van der Waals surface area contributed by atoms with Crippen LogP contribution in [0.4, 0.5) is 4.79 Å². The number of benzene rings is 1. The second-order valence-electron chi connectivity index (χ2n) is 6.64. The van der Waals surface area contributed by atoms with Crippen LogP contribution >= 0.6 is 11.8 Å². The average Bonchev–Trinajstić information content (AvgIpc) is 2.89. The monoisotopic (exact) mass is 337 g/mol. The van der Waals surface area contributed by atoms with Gasteiger partial charge in [-0.05, 0) is 32.8 Å². The van der Waals surface area contributed by atoms with E-state index in [1.54, 1.807) is 32.5 Å². The van der Waals surface area contributed by atoms with Crippen LogP contribution in [0.1, 0.15) is 32.8 Å². The van der Waals surface area contributed by atoms with Crippen molar-refractivity contribution in [2.24, 2.45) is 0 Å². The van der Waals surface area contributed by atoms with E-state index in [1.165, 1.54) is 10.5 Å². The molecule has 1 saturated heterocycles. The number of carbonyl (C=O) groups excluding carboxylic acids is 1. The number of nitrogens with zero attached hydrogens (tertiary/aromatic N) is 1. The van der Waals surface area contributed by atoms with E-state index < -0.39 is 23.7 Å². The Morgan fingerprint density at radius 3 is 2.52 bits per heavy atom. The Labute approximate surface area is 141 Å². The quantitative estimate of drug-likeness (QED) is 0.912. The van der Waals surface area contributed by atoms with Crippen LogP contribution in [0.3, 0.4) is 0 Å². The molecule has 0 radical (unpaired) electrons. The molecule has 5 nitrogen and oxygen atoms in total. The first kappa shape index (κ1) is 17.7. The lowest BCUT2D eigenvalue weighted by Crippen LogP contribution is -2.43. The number of carboxylic acid groups (broad SMARTS) is 1. The van der Waals surface area contributed by atoms with Crippen LogP contribution in [-0.4, -0.2) is 45.5 Å². The third-order valence-corrected chi connectivity index (χ3v) is 4.82. The molecule has 1 amide bonds. The van der Waals surface area contributed by atoms with Crippen molar-refractivity contribution in [3.63, 3.8) is 0 Å². The van der Waals surface area contributed by atoms with E-state index in [2.05, 4.69) is 0 Å². The van der Waals surface area contributed by atoms with Gasteiger partial charge in [0, 0.05) is 17.5 Å². The zero-order valence-electron chi connectivity index (χ0n) is 13.7. The highest BCUT2D eigenvalue weighted by Crippen LogP contribution is 2.31. The third-order valence-electron chi connectivity index (χ3n) is 3.50. The summed E-state index contributed by atoms with van der Waals surface area (Å²) in [6.45, 7) is 5.73. The molecule has 23 heavy (non-hydrogen) atoms. The maximum Gasteiger partial charge on any atom is 0.411 e. The molecule has 2 atom stereocenters. The summed E-state index contributed by atoms with van der Waals surface area (Å²) in [6.07, 6.45) is -0.0979. The number of carboxylic acids is 1. The van der Waals surface area contributed by atoms with Crippen molar-refractivity contribution in [3.8, 4) is 0 Å². The summed E-state index contributed by atoms with van der Waals surface area (Å²) in [7, 11) is 0. The molecule has 0 spiro atoms. The van der Waals surface area contributed by atoms with E-state index in [4.69, 9.17) is 4.74 Å². The molecule has 1 heterocycles. The topological polar surface area (TPSA) is 66.8 Å². The molecule has 0 bridgehead atoms. The van der Waals surface area contributed by atoms with Crippen LogP contribution in [-0.2, 0) is 15.3 Å². The van der Waals surface area contributed by atoms with Crippen molar-refractivity contribution in [1.29, 1.82) is 0 Å². The van der Waals surface area contributed by atoms with Gasteiger partial charge in [-0.25, -0.2) is 9.59 Å². The van der Waals surface area contributed by atoms with Crippen LogP contribution in [0, 0.1) is 0 Å². The predicted molar refractivity (Wildman–Crippen MR) is 90.5 cm³/mol. The van der Waals surface area contributed by atoms with E-state index in [1.807, 2.05) is 30.3 Å². The molecule has 1 fully saturated rings. The minimum absolute atomic E-state index is 0.101. The summed E-state index contributed by atoms with van der Waals surface area (Å²) < 4.78 is 5.33. The number of thioether (sulfide) groups is 1. The normalized spacial score (nSPS) is 21.3. The summed E-state index contributed by atoms with van der Waals surface area (Å²) in [5, 5.41) is 9.48. The van der Waals surface area contributed by atoms with E-state index in [9.17, 15) is 14.7 Å². The standard InChI is InChI=1S/C17H23NO4S/c1-17(2,3)22-16(21)18-10-13(9-14(18)15(19)20)23-11-12-7-5-4-6-8-12/h4-8,13-14H,9-11H2,1-3H3,(H,19,20)/t13-,14-/m0/s1. The van der Waals surface area contributed by atoms with Crippen molar-refractivity contribution in [2.75, 3.05) is 6.54 Å². The summed E-state index contributed by atoms with van der Waals surface area (Å²) in [5.74, 6) is -0.168. The lowest BCUT2D eigenvalue weighted by atomic mass is 10.2. The van der Waals surface area contributed by atoms with Gasteiger partial charge in [0.15, 0.2) is 0 Å². The third kappa shape index (κ3) is 5.16. The molecular formula is C17H23NO4S. The minimum Gasteiger partial charge on any atom is -0.480 e. The molecule has 1 aromatic rings. The Balaban J connectivity index is 1.97. The van der Waals surface area contributed by atoms with Gasteiger partial charge >= 0.3 is 12.1 Å². The van der Waals surface area contributed by atoms with Crippen molar-refractivity contribution in [2.45, 2.75) is 49.8 Å². The molecular weight excluding hydrogens is 314 g/mol. The van der Waals surface area contributed by atoms with Crippen LogP contribution < -0.4 is 0 Å². The molecule has 1 aliphatic rings. The Bertz CT molecular complexity index is 555. The molecule has 1 aliphatic heterocycles. The van der Waals surface area contributed by atoms with Gasteiger partial charge in [-0.3, -0.25) is 4.90 Å². The van der Waals surface area contributed by atoms with Crippen LogP contribution in [0.15, 0.2) is 30.3 Å². The predicted octanol–water partition coefficient (Wildman–Crippen LogP) is 3.38. The van der Waals surface area contributed by atoms with Gasteiger partial charge in [0.1, 0.15) is 11.6 Å². The highest BCUT2D eigenvalue weighted by atomic mass is 32.2. The van der Waals surface area contributed by atoms with Gasteiger partial charge in [0.2, 0.25) is 0 Å². The van der Waals surface area contributed by atoms with E-state index >= 15 is 0 Å². The van der Waals surface area contributed by atoms with Crippen molar-refractivity contribution in [3.05, 3.63) is 35.9 Å². The fraction of sp³-hybridized carbons (Fsp3) is 0.529. The van der Waals surface area contributed by atoms with Gasteiger partial charge in [-0.2, -0.15) is 11.8 Å². The van der Waals surface area contributed by atoms with Crippen molar-refractivity contribution >= 4 is 23.8 Å². The molecule has 0 aliphatic carbocycles. The summed E-state index contributed by atoms with van der Waals surface area (Å²) in [4.78, 5) is 25.0. The van der Waals surface area contributed by atoms with Crippen molar-refractivity contribution < 1.29 is 19.4 Å². The second-order valence-corrected chi connectivity index (χ2v) is 7.93. The average molecular weight is 337 g/mol. The molecule has 2 rings (SSSR count). The summed E-state index contributed by atoms with van der Waals surface area (Å²) in [5.41, 5.74) is 0.565. The fourth-order valence-corrected chi connectivity index (χ4v) is 3.67. The molecule has 6 heteroatoms. The Kier molecular flexibility index (Phi) is 5.57. The molecule has 0 saturated carbocycles. The Hall–Kier alpha value is -1.69. The van der Waals surface area contributed by atoms with E-state index in [0.717, 1.165) is 5.75 Å². The number of likely N-dealkylation sites (tertiary alicyclic amines) is 1. The molecule has 1 N–H and O–H groups in total. The number of hydrogen-bond donors (Lipinski definition) is 1. The zero-order chi connectivity index (χ0) is 17.0. The molecule has 0 aromatic heterocycles. The number of carbonyl (C=O) groups is 2. The smallest absolute Gasteiger partial charge is 0.411 e. The number of amides is 1. The summed E-state index contributed by atoms with van der Waals surface area (Å²) in [6, 6.07) is 9.21. The first-order chi connectivity index (χ1) is 10.8. The van der Waals surface area contributed by atoms with E-state index in [-0.39, 0.29) is 5.25 Å². The molecule has 126 valence electrons. The Morgan fingerprint density at radius 1 is 1.30 bits per heavy atom. The SMILES string of the molecule is CC(C)(C)OC(=O)N1C[C@@H](SCc2ccccc2)C[C@H]1C(=O)O. The van der Waals surface area contributed by atoms with Gasteiger partial charge < -0.3 is 9.84 Å². The van der Waals surface area contributed by atoms with Gasteiger partial charge in [-0.15, -0.1) is 0 Å². The van der Waals surface area contributed by atoms with E-state index in [0.29, 0.717) is 13.0 Å². The number of aliphatic carboxylic acids is 1. The molecule has 0 unspecified atom stereocenters. The first-order valence-electron chi connectivity index (χ1n) is 7.64. The lowest BCUT2D eigenvalue weighted by Gasteiger charge is -2.26.